The van der Waals surface area contributed by atoms with Crippen LogP contribution in [0.25, 0.3) is 0 Å². The molecule has 4 rings (SSSR count). The van der Waals surface area contributed by atoms with Gasteiger partial charge < -0.3 is 15.1 Å². The van der Waals surface area contributed by atoms with Gasteiger partial charge in [0.05, 0.1) is 6.10 Å². The Kier molecular flexibility index (Phi) is 11.5. The molecule has 46 heavy (non-hydrogen) atoms. The van der Waals surface area contributed by atoms with Gasteiger partial charge in [0.25, 0.3) is 0 Å². The van der Waals surface area contributed by atoms with Crippen molar-refractivity contribution in [3.05, 3.63) is 42.0 Å². The van der Waals surface area contributed by atoms with Crippen molar-refractivity contribution in [3.63, 3.8) is 0 Å². The van der Waals surface area contributed by atoms with Crippen molar-refractivity contribution in [2.24, 2.45) is 22.7 Å². The van der Waals surface area contributed by atoms with Gasteiger partial charge in [0.15, 0.2) is 0 Å². The van der Waals surface area contributed by atoms with Crippen molar-refractivity contribution in [2.75, 3.05) is 20.1 Å². The van der Waals surface area contributed by atoms with Crippen molar-refractivity contribution in [1.82, 2.24) is 4.90 Å². The van der Waals surface area contributed by atoms with Gasteiger partial charge in [-0.25, -0.2) is 0 Å². The first-order chi connectivity index (χ1) is 21.5. The molecule has 2 fully saturated rings. The van der Waals surface area contributed by atoms with Crippen LogP contribution in [-0.2, 0) is 6.42 Å². The second-order valence-electron chi connectivity index (χ2n) is 14.7. The van der Waals surface area contributed by atoms with Crippen molar-refractivity contribution in [1.29, 1.82) is 0 Å². The minimum Gasteiger partial charge on any atom is -0.508 e. The number of aryl methyl sites for hydroxylation is 1. The highest BCUT2D eigenvalue weighted by Gasteiger charge is 2.72. The number of phenolic OH excluding ortho intramolecular Hbond substituents is 1. The molecular formula is C36H52F7NO2. The molecule has 0 aliphatic heterocycles. The molecule has 2 N–H and O–H groups in total. The number of allylic oxidation sites excluding steroid dienone is 1. The number of aromatic hydroxyl groups is 1. The lowest BCUT2D eigenvalue weighted by molar-refractivity contribution is -0.355. The number of phenols is 1. The quantitative estimate of drug-likeness (QED) is 0.105. The largest absolute Gasteiger partial charge is 0.508 e. The number of benzene rings is 1. The number of nitrogens with zero attached hydrogens (tertiary/aromatic N) is 1. The summed E-state index contributed by atoms with van der Waals surface area (Å²) in [4.78, 5) is 2.14. The van der Waals surface area contributed by atoms with E-state index in [2.05, 4.69) is 30.5 Å². The van der Waals surface area contributed by atoms with E-state index in [0.29, 0.717) is 42.9 Å². The number of aliphatic hydroxyl groups excluding tert-OH is 1. The Bertz CT molecular complexity index is 1170. The van der Waals surface area contributed by atoms with Crippen LogP contribution < -0.4 is 0 Å². The third-order valence-electron chi connectivity index (χ3n) is 11.8. The lowest BCUT2D eigenvalue weighted by Crippen LogP contribution is -2.54. The third-order valence-corrected chi connectivity index (χ3v) is 11.8. The van der Waals surface area contributed by atoms with E-state index in [9.17, 15) is 40.9 Å². The molecule has 0 bridgehead atoms. The predicted molar refractivity (Wildman–Crippen MR) is 166 cm³/mol. The maximum atomic E-state index is 13.4. The summed E-state index contributed by atoms with van der Waals surface area (Å²) in [5, 5.41) is 21.3. The lowest BCUT2D eigenvalue weighted by atomic mass is 9.44. The van der Waals surface area contributed by atoms with Crippen molar-refractivity contribution in [3.8, 4) is 5.75 Å². The Morgan fingerprint density at radius 1 is 0.935 bits per heavy atom. The average Bonchev–Trinajstić information content (AvgIpc) is 3.29. The van der Waals surface area contributed by atoms with Crippen LogP contribution >= 0.6 is 0 Å². The van der Waals surface area contributed by atoms with Crippen LogP contribution in [0.15, 0.2) is 30.9 Å². The van der Waals surface area contributed by atoms with E-state index in [1.165, 1.54) is 11.1 Å². The molecule has 0 aromatic heterocycles. The van der Waals surface area contributed by atoms with Crippen LogP contribution in [0.1, 0.15) is 114 Å². The Morgan fingerprint density at radius 2 is 1.57 bits per heavy atom. The topological polar surface area (TPSA) is 43.7 Å². The fourth-order valence-corrected chi connectivity index (χ4v) is 9.39. The molecule has 6 atom stereocenters. The molecule has 1 aromatic carbocycles. The molecule has 1 aromatic rings. The van der Waals surface area contributed by atoms with E-state index in [1.54, 1.807) is 6.07 Å². The van der Waals surface area contributed by atoms with Crippen LogP contribution in [-0.4, -0.2) is 59.4 Å². The number of fused-ring (bicyclic) bond motifs is 5. The van der Waals surface area contributed by atoms with Gasteiger partial charge in [-0.3, -0.25) is 0 Å². The number of rotatable bonds is 16. The van der Waals surface area contributed by atoms with Crippen molar-refractivity contribution in [2.45, 2.75) is 133 Å². The van der Waals surface area contributed by atoms with Gasteiger partial charge in [-0.15, -0.1) is 6.58 Å². The zero-order valence-corrected chi connectivity index (χ0v) is 27.3. The first kappa shape index (κ1) is 37.0. The molecule has 0 unspecified atom stereocenters. The van der Waals surface area contributed by atoms with Crippen molar-refractivity contribution < 1.29 is 40.9 Å². The van der Waals surface area contributed by atoms with Gasteiger partial charge in [-0.1, -0.05) is 51.2 Å². The standard InChI is InChI=1S/C36H52F7NO2/c1-4-33-20-18-25-23-27(45)14-15-28(25)31(33)26(24-32(2)29(33)16-17-30(32)46)13-9-5-7-11-21-44(3)22-12-8-6-10-19-34(37,38)35(39,40)36(41,42)43/h4,14-15,23,26,29-31,45-46H,1,5-13,16-22,24H2,2-3H3/t26-,29+,30-,31+,32-,33-/m0/s1. The highest BCUT2D eigenvalue weighted by atomic mass is 19.4. The number of halogens is 7. The van der Waals surface area contributed by atoms with Crippen LogP contribution in [0.4, 0.5) is 30.7 Å². The molecular weight excluding hydrogens is 611 g/mol. The summed E-state index contributed by atoms with van der Waals surface area (Å²) < 4.78 is 89.7. The lowest BCUT2D eigenvalue weighted by Gasteiger charge is -2.60. The van der Waals surface area contributed by atoms with E-state index in [0.717, 1.165) is 70.8 Å². The molecule has 0 saturated heterocycles. The molecule has 10 heteroatoms. The monoisotopic (exact) mass is 663 g/mol. The van der Waals surface area contributed by atoms with Crippen LogP contribution in [0.2, 0.25) is 0 Å². The fraction of sp³-hybridized carbons (Fsp3) is 0.778. The van der Waals surface area contributed by atoms with Crippen LogP contribution in [0.3, 0.4) is 0 Å². The molecule has 0 spiro atoms. The maximum absolute atomic E-state index is 13.4. The molecule has 3 nitrogen and oxygen atoms in total. The van der Waals surface area contributed by atoms with Gasteiger partial charge >= 0.3 is 18.0 Å². The van der Waals surface area contributed by atoms with Gasteiger partial charge in [0.2, 0.25) is 0 Å². The summed E-state index contributed by atoms with van der Waals surface area (Å²) in [6.45, 7) is 8.23. The van der Waals surface area contributed by atoms with Gasteiger partial charge in [0, 0.05) is 6.42 Å². The van der Waals surface area contributed by atoms with Gasteiger partial charge in [-0.05, 0) is 130 Å². The van der Waals surface area contributed by atoms with E-state index < -0.39 is 24.4 Å². The van der Waals surface area contributed by atoms with Gasteiger partial charge in [-0.2, -0.15) is 30.7 Å². The van der Waals surface area contributed by atoms with Crippen LogP contribution in [0.5, 0.6) is 5.75 Å². The number of hydrogen-bond donors (Lipinski definition) is 2. The molecule has 0 radical (unpaired) electrons. The number of unbranched alkanes of at least 4 members (excludes halogenated alkanes) is 6. The Hall–Kier alpha value is -1.81. The summed E-state index contributed by atoms with van der Waals surface area (Å²) in [6, 6.07) is 5.85. The summed E-state index contributed by atoms with van der Waals surface area (Å²) in [5.74, 6) is -9.67. The van der Waals surface area contributed by atoms with E-state index >= 15 is 0 Å². The normalized spacial score (nSPS) is 29.8. The molecule has 262 valence electrons. The highest BCUT2D eigenvalue weighted by molar-refractivity contribution is 5.43. The minimum atomic E-state index is -6.26. The second-order valence-corrected chi connectivity index (χ2v) is 14.7. The van der Waals surface area contributed by atoms with E-state index in [4.69, 9.17) is 0 Å². The number of hydrogen-bond acceptors (Lipinski definition) is 3. The fourth-order valence-electron chi connectivity index (χ4n) is 9.39. The SMILES string of the molecule is C=C[C@@]12CCc3cc(O)ccc3[C@H]1[C@@H](CCCCCCN(C)CCCCCCC(F)(F)C(F)(F)C(F)(F)F)C[C@@]1(C)[C@H]2CC[C@@H]1O. The maximum Gasteiger partial charge on any atom is 0.459 e. The smallest absolute Gasteiger partial charge is 0.459 e. The minimum absolute atomic E-state index is 0.0587. The average molecular weight is 664 g/mol. The summed E-state index contributed by atoms with van der Waals surface area (Å²) in [6.07, 6.45) is 5.15. The first-order valence-electron chi connectivity index (χ1n) is 17.1. The van der Waals surface area contributed by atoms with E-state index in [-0.39, 0.29) is 29.8 Å². The zero-order chi connectivity index (χ0) is 34.0. The third kappa shape index (κ3) is 7.28. The number of alkyl halides is 7. The highest BCUT2D eigenvalue weighted by Crippen LogP contribution is 2.69. The second kappa shape index (κ2) is 14.4. The first-order valence-corrected chi connectivity index (χ1v) is 17.1. The Balaban J connectivity index is 1.20. The number of aliphatic hydroxyl groups is 1. The summed E-state index contributed by atoms with van der Waals surface area (Å²) >= 11 is 0. The van der Waals surface area contributed by atoms with Crippen LogP contribution in [0, 0.1) is 22.7 Å². The molecule has 0 amide bonds. The summed E-state index contributed by atoms with van der Waals surface area (Å²) in [5.41, 5.74) is 2.39. The Morgan fingerprint density at radius 3 is 2.20 bits per heavy atom. The molecule has 3 aliphatic rings. The summed E-state index contributed by atoms with van der Waals surface area (Å²) in [7, 11) is 1.97. The van der Waals surface area contributed by atoms with Crippen molar-refractivity contribution >= 4 is 0 Å². The Labute approximate surface area is 269 Å². The van der Waals surface area contributed by atoms with Gasteiger partial charge in [0.1, 0.15) is 5.75 Å². The molecule has 0 heterocycles. The zero-order valence-electron chi connectivity index (χ0n) is 27.3. The molecule has 3 aliphatic carbocycles. The van der Waals surface area contributed by atoms with E-state index in [1.807, 2.05) is 13.1 Å². The molecule has 2 saturated carbocycles. The predicted octanol–water partition coefficient (Wildman–Crippen LogP) is 10.1.